The van der Waals surface area contributed by atoms with Crippen molar-refractivity contribution in [3.8, 4) is 5.75 Å². The minimum atomic E-state index is -0.738. The number of benzene rings is 2. The fourth-order valence-corrected chi connectivity index (χ4v) is 2.26. The second-order valence-corrected chi connectivity index (χ2v) is 5.35. The molecule has 2 aromatic carbocycles. The highest BCUT2D eigenvalue weighted by molar-refractivity contribution is 9.10. The second-order valence-electron chi connectivity index (χ2n) is 4.43. The van der Waals surface area contributed by atoms with Crippen LogP contribution in [-0.4, -0.2) is 5.11 Å². The average molecular weight is 343 g/mol. The number of aliphatic hydroxyl groups is 1. The molecule has 0 saturated heterocycles. The number of hydrogen-bond donors (Lipinski definition) is 1. The molecular formula is C15H13BrF2O2. The summed E-state index contributed by atoms with van der Waals surface area (Å²) in [7, 11) is 0. The van der Waals surface area contributed by atoms with Gasteiger partial charge in [0.05, 0.1) is 6.10 Å². The van der Waals surface area contributed by atoms with Crippen molar-refractivity contribution in [2.24, 2.45) is 0 Å². The van der Waals surface area contributed by atoms with Gasteiger partial charge >= 0.3 is 0 Å². The molecule has 0 aliphatic carbocycles. The van der Waals surface area contributed by atoms with Gasteiger partial charge in [-0.3, -0.25) is 0 Å². The Bertz CT molecular complexity index is 595. The van der Waals surface area contributed by atoms with Crippen molar-refractivity contribution in [1.29, 1.82) is 0 Å². The second kappa shape index (κ2) is 6.33. The predicted octanol–water partition coefficient (Wildman–Crippen LogP) is 4.36. The highest BCUT2D eigenvalue weighted by Crippen LogP contribution is 2.23. The summed E-state index contributed by atoms with van der Waals surface area (Å²) in [6.45, 7) is 1.61. The van der Waals surface area contributed by atoms with E-state index in [0.29, 0.717) is 15.6 Å². The molecule has 0 heterocycles. The van der Waals surface area contributed by atoms with Crippen molar-refractivity contribution in [1.82, 2.24) is 0 Å². The van der Waals surface area contributed by atoms with Crippen LogP contribution in [0.15, 0.2) is 40.9 Å². The molecule has 1 atom stereocenters. The van der Waals surface area contributed by atoms with E-state index in [0.717, 1.165) is 0 Å². The van der Waals surface area contributed by atoms with Crippen molar-refractivity contribution in [3.05, 3.63) is 63.6 Å². The largest absolute Gasteiger partial charge is 0.486 e. The molecule has 0 aliphatic heterocycles. The Labute approximate surface area is 124 Å². The standard InChI is InChI=1S/C15H13BrF2O2/c1-9(19)11-2-3-15(14(18)6-11)20-8-10-4-12(16)7-13(17)5-10/h2-7,9,19H,8H2,1H3. The fourth-order valence-electron chi connectivity index (χ4n) is 1.75. The molecule has 1 unspecified atom stereocenters. The lowest BCUT2D eigenvalue weighted by Crippen LogP contribution is -2.00. The Balaban J connectivity index is 2.11. The number of ether oxygens (including phenoxy) is 1. The summed E-state index contributed by atoms with van der Waals surface area (Å²) in [5.41, 5.74) is 1.07. The Hall–Kier alpha value is -1.46. The quantitative estimate of drug-likeness (QED) is 0.894. The minimum absolute atomic E-state index is 0.0569. The van der Waals surface area contributed by atoms with E-state index in [-0.39, 0.29) is 18.2 Å². The Kier molecular flexibility index (Phi) is 4.73. The zero-order chi connectivity index (χ0) is 14.7. The maximum Gasteiger partial charge on any atom is 0.165 e. The SMILES string of the molecule is CC(O)c1ccc(OCc2cc(F)cc(Br)c2)c(F)c1. The van der Waals surface area contributed by atoms with Crippen LogP contribution in [0.1, 0.15) is 24.2 Å². The molecule has 20 heavy (non-hydrogen) atoms. The van der Waals surface area contributed by atoms with Gasteiger partial charge in [0.25, 0.3) is 0 Å². The fraction of sp³-hybridized carbons (Fsp3) is 0.200. The summed E-state index contributed by atoms with van der Waals surface area (Å²) >= 11 is 3.18. The van der Waals surface area contributed by atoms with Gasteiger partial charge in [-0.1, -0.05) is 22.0 Å². The molecule has 2 rings (SSSR count). The molecule has 2 aromatic rings. The van der Waals surface area contributed by atoms with Crippen LogP contribution < -0.4 is 4.74 Å². The summed E-state index contributed by atoms with van der Waals surface area (Å²) in [5, 5.41) is 9.35. The van der Waals surface area contributed by atoms with Crippen LogP contribution in [0.4, 0.5) is 8.78 Å². The molecule has 5 heteroatoms. The van der Waals surface area contributed by atoms with Crippen molar-refractivity contribution >= 4 is 15.9 Å². The van der Waals surface area contributed by atoms with E-state index < -0.39 is 11.9 Å². The molecule has 0 fully saturated rings. The summed E-state index contributed by atoms with van der Waals surface area (Å²) in [6.07, 6.45) is -0.738. The van der Waals surface area contributed by atoms with Gasteiger partial charge in [0.1, 0.15) is 12.4 Å². The minimum Gasteiger partial charge on any atom is -0.486 e. The van der Waals surface area contributed by atoms with E-state index in [4.69, 9.17) is 4.74 Å². The van der Waals surface area contributed by atoms with Crippen LogP contribution in [0.3, 0.4) is 0 Å². The third-order valence-electron chi connectivity index (χ3n) is 2.76. The Morgan fingerprint density at radius 2 is 1.95 bits per heavy atom. The molecule has 0 spiro atoms. The monoisotopic (exact) mass is 342 g/mol. The molecule has 0 aliphatic rings. The van der Waals surface area contributed by atoms with Gasteiger partial charge in [0.2, 0.25) is 0 Å². The van der Waals surface area contributed by atoms with E-state index >= 15 is 0 Å². The smallest absolute Gasteiger partial charge is 0.165 e. The van der Waals surface area contributed by atoms with Gasteiger partial charge in [-0.05, 0) is 48.4 Å². The molecule has 106 valence electrons. The summed E-state index contributed by atoms with van der Waals surface area (Å²) in [5.74, 6) is -0.878. The zero-order valence-electron chi connectivity index (χ0n) is 10.7. The van der Waals surface area contributed by atoms with Gasteiger partial charge in [-0.2, -0.15) is 0 Å². The Morgan fingerprint density at radius 1 is 1.20 bits per heavy atom. The number of hydrogen-bond acceptors (Lipinski definition) is 2. The molecule has 0 radical (unpaired) electrons. The van der Waals surface area contributed by atoms with Crippen molar-refractivity contribution in [3.63, 3.8) is 0 Å². The lowest BCUT2D eigenvalue weighted by Gasteiger charge is -2.10. The van der Waals surface area contributed by atoms with Crippen LogP contribution in [0.5, 0.6) is 5.75 Å². The van der Waals surface area contributed by atoms with Gasteiger partial charge in [0, 0.05) is 4.47 Å². The van der Waals surface area contributed by atoms with Crippen LogP contribution in [-0.2, 0) is 6.61 Å². The van der Waals surface area contributed by atoms with Crippen LogP contribution >= 0.6 is 15.9 Å². The summed E-state index contributed by atoms with van der Waals surface area (Å²) in [4.78, 5) is 0. The first-order valence-electron chi connectivity index (χ1n) is 6.01. The molecule has 1 N–H and O–H groups in total. The maximum atomic E-state index is 13.8. The maximum absolute atomic E-state index is 13.8. The normalized spacial score (nSPS) is 12.2. The first-order valence-corrected chi connectivity index (χ1v) is 6.80. The number of halogens is 3. The van der Waals surface area contributed by atoms with Gasteiger partial charge < -0.3 is 9.84 Å². The van der Waals surface area contributed by atoms with Crippen LogP contribution in [0.2, 0.25) is 0 Å². The molecule has 0 bridgehead atoms. The highest BCUT2D eigenvalue weighted by Gasteiger charge is 2.08. The first kappa shape index (κ1) is 14.9. The van der Waals surface area contributed by atoms with E-state index in [1.165, 1.54) is 24.3 Å². The molecule has 0 saturated carbocycles. The zero-order valence-corrected chi connectivity index (χ0v) is 12.3. The summed E-state index contributed by atoms with van der Waals surface area (Å²) < 4.78 is 32.9. The van der Waals surface area contributed by atoms with E-state index in [1.807, 2.05) is 0 Å². The van der Waals surface area contributed by atoms with Crippen molar-refractivity contribution in [2.75, 3.05) is 0 Å². The molecule has 0 aromatic heterocycles. The lowest BCUT2D eigenvalue weighted by molar-refractivity contribution is 0.198. The predicted molar refractivity (Wildman–Crippen MR) is 75.5 cm³/mol. The first-order chi connectivity index (χ1) is 9.45. The molecule has 2 nitrogen and oxygen atoms in total. The lowest BCUT2D eigenvalue weighted by atomic mass is 10.1. The van der Waals surface area contributed by atoms with Gasteiger partial charge in [-0.25, -0.2) is 8.78 Å². The third-order valence-corrected chi connectivity index (χ3v) is 3.21. The average Bonchev–Trinajstić information content (AvgIpc) is 2.36. The van der Waals surface area contributed by atoms with E-state index in [9.17, 15) is 13.9 Å². The van der Waals surface area contributed by atoms with Gasteiger partial charge in [-0.15, -0.1) is 0 Å². The van der Waals surface area contributed by atoms with Gasteiger partial charge in [0.15, 0.2) is 11.6 Å². The molecular weight excluding hydrogens is 330 g/mol. The van der Waals surface area contributed by atoms with Crippen molar-refractivity contribution < 1.29 is 18.6 Å². The van der Waals surface area contributed by atoms with Crippen molar-refractivity contribution in [2.45, 2.75) is 19.6 Å². The highest BCUT2D eigenvalue weighted by atomic mass is 79.9. The van der Waals surface area contributed by atoms with E-state index in [1.54, 1.807) is 19.1 Å². The number of rotatable bonds is 4. The summed E-state index contributed by atoms with van der Waals surface area (Å²) in [6, 6.07) is 8.62. The third kappa shape index (κ3) is 3.77. The Morgan fingerprint density at radius 3 is 2.55 bits per heavy atom. The van der Waals surface area contributed by atoms with E-state index in [2.05, 4.69) is 15.9 Å². The van der Waals surface area contributed by atoms with Crippen LogP contribution in [0.25, 0.3) is 0 Å². The molecule has 0 amide bonds. The van der Waals surface area contributed by atoms with Crippen LogP contribution in [0, 0.1) is 11.6 Å². The topological polar surface area (TPSA) is 29.5 Å². The number of aliphatic hydroxyl groups excluding tert-OH is 1.